The van der Waals surface area contributed by atoms with E-state index < -0.39 is 0 Å². The van der Waals surface area contributed by atoms with Crippen molar-refractivity contribution >= 4 is 29.2 Å². The van der Waals surface area contributed by atoms with Crippen LogP contribution in [0.5, 0.6) is 0 Å². The first kappa shape index (κ1) is 13.8. The van der Waals surface area contributed by atoms with E-state index in [1.807, 2.05) is 36.5 Å². The smallest absolute Gasteiger partial charge is 0.196 e. The van der Waals surface area contributed by atoms with E-state index in [1.54, 1.807) is 0 Å². The van der Waals surface area contributed by atoms with Crippen LogP contribution in [-0.2, 0) is 0 Å². The average Bonchev–Trinajstić information content (AvgIpc) is 2.36. The molecule has 0 heterocycles. The van der Waals surface area contributed by atoms with Gasteiger partial charge in [-0.2, -0.15) is 0 Å². The molecule has 0 saturated carbocycles. The summed E-state index contributed by atoms with van der Waals surface area (Å²) in [5.74, 6) is 0. The summed E-state index contributed by atoms with van der Waals surface area (Å²) >= 11 is 5.13. The van der Waals surface area contributed by atoms with Crippen LogP contribution in [0.25, 0.3) is 0 Å². The summed E-state index contributed by atoms with van der Waals surface area (Å²) in [6.07, 6.45) is 1.85. The lowest BCUT2D eigenvalue weighted by atomic mass is 10.3. The highest BCUT2D eigenvalue weighted by Gasteiger charge is 1.96. The molecule has 0 aliphatic carbocycles. The number of aliphatic imine (C=N–C) groups is 1. The van der Waals surface area contributed by atoms with Crippen LogP contribution >= 0.6 is 12.2 Å². The number of rotatable bonds is 5. The molecule has 1 aromatic carbocycles. The molecule has 17 heavy (non-hydrogen) atoms. The fourth-order valence-corrected chi connectivity index (χ4v) is 1.59. The predicted molar refractivity (Wildman–Crippen MR) is 78.9 cm³/mol. The fraction of sp³-hybridized carbons (Fsp3) is 0.385. The van der Waals surface area contributed by atoms with Crippen LogP contribution in [0.15, 0.2) is 35.3 Å². The zero-order valence-electron chi connectivity index (χ0n) is 10.4. The number of thiocarbonyl (C=S) groups is 1. The first-order valence-electron chi connectivity index (χ1n) is 5.87. The van der Waals surface area contributed by atoms with Crippen molar-refractivity contribution in [2.45, 2.75) is 13.8 Å². The zero-order valence-corrected chi connectivity index (χ0v) is 11.2. The summed E-state index contributed by atoms with van der Waals surface area (Å²) in [6, 6.07) is 9.82. The summed E-state index contributed by atoms with van der Waals surface area (Å²) in [7, 11) is 0. The molecule has 0 aromatic heterocycles. The van der Waals surface area contributed by atoms with E-state index in [1.165, 1.54) is 0 Å². The minimum atomic E-state index is 0.503. The van der Waals surface area contributed by atoms with Crippen LogP contribution in [-0.4, -0.2) is 35.9 Å². The Hall–Kier alpha value is -1.26. The molecule has 1 aromatic rings. The highest BCUT2D eigenvalue weighted by atomic mass is 32.1. The molecule has 3 nitrogen and oxygen atoms in total. The molecular formula is C13H19N3S. The van der Waals surface area contributed by atoms with Crippen molar-refractivity contribution in [2.75, 3.05) is 25.0 Å². The predicted octanol–water partition coefficient (Wildman–Crippen LogP) is 2.80. The minimum absolute atomic E-state index is 0.503. The molecule has 0 spiro atoms. The van der Waals surface area contributed by atoms with Crippen LogP contribution in [0.4, 0.5) is 5.69 Å². The van der Waals surface area contributed by atoms with Gasteiger partial charge in [0.2, 0.25) is 0 Å². The molecule has 0 atom stereocenters. The summed E-state index contributed by atoms with van der Waals surface area (Å²) in [4.78, 5) is 6.48. The van der Waals surface area contributed by atoms with Crippen molar-refractivity contribution in [1.29, 1.82) is 0 Å². The third kappa shape index (κ3) is 5.56. The number of nitrogens with zero attached hydrogens (tertiary/aromatic N) is 2. The van der Waals surface area contributed by atoms with Crippen molar-refractivity contribution in [2.24, 2.45) is 4.99 Å². The molecule has 0 aliphatic rings. The number of para-hydroxylation sites is 1. The summed E-state index contributed by atoms with van der Waals surface area (Å²) in [6.45, 7) is 7.17. The van der Waals surface area contributed by atoms with Gasteiger partial charge in [0.25, 0.3) is 0 Å². The number of benzene rings is 1. The Morgan fingerprint density at radius 3 is 2.53 bits per heavy atom. The Kier molecular flexibility index (Phi) is 6.43. The summed E-state index contributed by atoms with van der Waals surface area (Å²) in [5.41, 5.74) is 0.970. The van der Waals surface area contributed by atoms with E-state index >= 15 is 0 Å². The second-order valence-electron chi connectivity index (χ2n) is 3.59. The van der Waals surface area contributed by atoms with E-state index in [9.17, 15) is 0 Å². The maximum atomic E-state index is 5.13. The Morgan fingerprint density at radius 1 is 1.29 bits per heavy atom. The second-order valence-corrected chi connectivity index (χ2v) is 3.98. The van der Waals surface area contributed by atoms with E-state index in [2.05, 4.69) is 29.1 Å². The molecule has 0 fully saturated rings. The second kappa shape index (κ2) is 7.92. The van der Waals surface area contributed by atoms with Crippen LogP contribution in [0, 0.1) is 0 Å². The third-order valence-corrected chi connectivity index (χ3v) is 2.68. The molecule has 0 saturated heterocycles. The van der Waals surface area contributed by atoms with Crippen LogP contribution < -0.4 is 5.32 Å². The minimum Gasteiger partial charge on any atom is -0.331 e. The van der Waals surface area contributed by atoms with Crippen LogP contribution in [0.3, 0.4) is 0 Å². The molecule has 0 aliphatic heterocycles. The first-order chi connectivity index (χ1) is 8.26. The van der Waals surface area contributed by atoms with Gasteiger partial charge in [-0.15, -0.1) is 0 Å². The number of hydrogen-bond acceptors (Lipinski definition) is 2. The van der Waals surface area contributed by atoms with Gasteiger partial charge in [0, 0.05) is 18.4 Å². The van der Waals surface area contributed by atoms with Gasteiger partial charge in [0.05, 0.1) is 0 Å². The van der Waals surface area contributed by atoms with Gasteiger partial charge in [0.1, 0.15) is 0 Å². The lowest BCUT2D eigenvalue weighted by molar-refractivity contribution is 0.350. The van der Waals surface area contributed by atoms with Crippen molar-refractivity contribution in [1.82, 2.24) is 4.90 Å². The molecular weight excluding hydrogens is 230 g/mol. The van der Waals surface area contributed by atoms with E-state index in [0.717, 1.165) is 25.3 Å². The Morgan fingerprint density at radius 2 is 1.94 bits per heavy atom. The maximum Gasteiger partial charge on any atom is 0.196 e. The normalized spacial score (nSPS) is 11.0. The maximum absolute atomic E-state index is 5.13. The molecule has 1 rings (SSSR count). The van der Waals surface area contributed by atoms with E-state index in [4.69, 9.17) is 12.2 Å². The van der Waals surface area contributed by atoms with Gasteiger partial charge in [-0.3, -0.25) is 4.90 Å². The number of anilines is 1. The topological polar surface area (TPSA) is 27.6 Å². The molecule has 1 N–H and O–H groups in total. The number of hydrogen-bond donors (Lipinski definition) is 1. The van der Waals surface area contributed by atoms with Gasteiger partial charge in [-0.1, -0.05) is 32.0 Å². The SMILES string of the molecule is CCN(CC)CC=NC(=S)Nc1ccccc1. The van der Waals surface area contributed by atoms with Crippen LogP contribution in [0.2, 0.25) is 0 Å². The summed E-state index contributed by atoms with van der Waals surface area (Å²) < 4.78 is 0. The Labute approximate surface area is 109 Å². The molecule has 92 valence electrons. The Bertz CT molecular complexity index is 358. The molecule has 0 unspecified atom stereocenters. The number of nitrogens with one attached hydrogen (secondary N) is 1. The largest absolute Gasteiger partial charge is 0.331 e. The average molecular weight is 249 g/mol. The van der Waals surface area contributed by atoms with E-state index in [-0.39, 0.29) is 0 Å². The standard InChI is InChI=1S/C13H19N3S/c1-3-16(4-2)11-10-14-13(17)15-12-8-6-5-7-9-12/h5-10H,3-4,11H2,1-2H3,(H,15,17). The van der Waals surface area contributed by atoms with Gasteiger partial charge in [-0.25, -0.2) is 4.99 Å². The molecule has 0 bridgehead atoms. The highest BCUT2D eigenvalue weighted by Crippen LogP contribution is 2.04. The van der Waals surface area contributed by atoms with Crippen molar-refractivity contribution in [3.05, 3.63) is 30.3 Å². The quantitative estimate of drug-likeness (QED) is 0.642. The Balaban J connectivity index is 2.37. The molecule has 0 radical (unpaired) electrons. The lowest BCUT2D eigenvalue weighted by Gasteiger charge is -2.14. The van der Waals surface area contributed by atoms with Gasteiger partial charge < -0.3 is 5.32 Å². The van der Waals surface area contributed by atoms with Crippen molar-refractivity contribution < 1.29 is 0 Å². The van der Waals surface area contributed by atoms with Gasteiger partial charge in [-0.05, 0) is 37.4 Å². The summed E-state index contributed by atoms with van der Waals surface area (Å²) in [5, 5.41) is 3.57. The molecule has 0 amide bonds. The monoisotopic (exact) mass is 249 g/mol. The highest BCUT2D eigenvalue weighted by molar-refractivity contribution is 7.80. The van der Waals surface area contributed by atoms with Crippen molar-refractivity contribution in [3.8, 4) is 0 Å². The molecule has 4 heteroatoms. The van der Waals surface area contributed by atoms with E-state index in [0.29, 0.717) is 5.11 Å². The van der Waals surface area contributed by atoms with Crippen molar-refractivity contribution in [3.63, 3.8) is 0 Å². The lowest BCUT2D eigenvalue weighted by Crippen LogP contribution is -2.25. The van der Waals surface area contributed by atoms with Gasteiger partial charge >= 0.3 is 0 Å². The van der Waals surface area contributed by atoms with Crippen LogP contribution in [0.1, 0.15) is 13.8 Å². The first-order valence-corrected chi connectivity index (χ1v) is 6.28. The third-order valence-electron chi connectivity index (χ3n) is 2.47. The zero-order chi connectivity index (χ0) is 12.5. The van der Waals surface area contributed by atoms with Gasteiger partial charge in [0.15, 0.2) is 5.11 Å². The fourth-order valence-electron chi connectivity index (χ4n) is 1.40.